The number of nitrogens with one attached hydrogen (secondary N) is 3. The molecular formula is C28H46N10O4. The molecule has 7 amide bonds. The van der Waals surface area contributed by atoms with E-state index >= 15 is 0 Å². The zero-order valence-electron chi connectivity index (χ0n) is 25.1. The van der Waals surface area contributed by atoms with Crippen molar-refractivity contribution in [2.75, 3.05) is 33.2 Å². The van der Waals surface area contributed by atoms with Crippen LogP contribution in [0.15, 0.2) is 41.8 Å². The maximum absolute atomic E-state index is 13.1. The summed E-state index contributed by atoms with van der Waals surface area (Å²) in [7, 11) is 1.65. The Hall–Kier alpha value is -4.23. The van der Waals surface area contributed by atoms with Gasteiger partial charge in [0, 0.05) is 39.4 Å². The minimum atomic E-state index is -0.408. The van der Waals surface area contributed by atoms with Crippen LogP contribution in [0.25, 0.3) is 0 Å². The molecule has 2 heterocycles. The van der Waals surface area contributed by atoms with E-state index in [-0.39, 0.29) is 18.1 Å². The summed E-state index contributed by atoms with van der Waals surface area (Å²) in [6.07, 6.45) is 18.0. The van der Waals surface area contributed by atoms with Crippen molar-refractivity contribution in [2.45, 2.75) is 78.1 Å². The van der Waals surface area contributed by atoms with Crippen LogP contribution in [0.5, 0.6) is 0 Å². The number of imide groups is 1. The summed E-state index contributed by atoms with van der Waals surface area (Å²) in [6.45, 7) is 5.78. The molecule has 1 fully saturated rings. The van der Waals surface area contributed by atoms with Gasteiger partial charge in [-0.2, -0.15) is 9.78 Å². The van der Waals surface area contributed by atoms with Crippen LogP contribution in [0, 0.1) is 0 Å². The van der Waals surface area contributed by atoms with E-state index in [4.69, 9.17) is 0 Å². The van der Waals surface area contributed by atoms with Gasteiger partial charge in [0.15, 0.2) is 0 Å². The smallest absolute Gasteiger partial charge is 0.338 e. The lowest BCUT2D eigenvalue weighted by molar-refractivity contribution is 0.146. The fraction of sp³-hybridized carbons (Fsp3) is 0.607. The lowest BCUT2D eigenvalue weighted by Gasteiger charge is -2.36. The highest BCUT2D eigenvalue weighted by Crippen LogP contribution is 2.16. The number of aromatic nitrogens is 3. The Labute approximate surface area is 248 Å². The fourth-order valence-corrected chi connectivity index (χ4v) is 4.12. The van der Waals surface area contributed by atoms with Gasteiger partial charge in [0.25, 0.3) is 0 Å². The average Bonchev–Trinajstić information content (AvgIpc) is 3.53. The minimum Gasteiger partial charge on any atom is -0.338 e. The van der Waals surface area contributed by atoms with Gasteiger partial charge in [0.1, 0.15) is 18.5 Å². The highest BCUT2D eigenvalue weighted by Gasteiger charge is 2.34. The number of rotatable bonds is 18. The van der Waals surface area contributed by atoms with Crippen molar-refractivity contribution in [3.8, 4) is 0 Å². The highest BCUT2D eigenvalue weighted by atomic mass is 16.2. The van der Waals surface area contributed by atoms with Gasteiger partial charge in [-0.05, 0) is 45.1 Å². The zero-order valence-corrected chi connectivity index (χ0v) is 25.1. The van der Waals surface area contributed by atoms with Crippen LogP contribution < -0.4 is 16.0 Å². The molecule has 3 N–H and O–H groups in total. The molecule has 14 nitrogen and oxygen atoms in total. The highest BCUT2D eigenvalue weighted by molar-refractivity contribution is 5.98. The van der Waals surface area contributed by atoms with Gasteiger partial charge in [-0.1, -0.05) is 45.1 Å². The van der Waals surface area contributed by atoms with Crippen molar-refractivity contribution in [3.05, 3.63) is 36.8 Å². The molecule has 0 atom stereocenters. The van der Waals surface area contributed by atoms with Gasteiger partial charge in [-0.25, -0.2) is 34.1 Å². The molecule has 0 bridgehead atoms. The molecule has 0 unspecified atom stereocenters. The van der Waals surface area contributed by atoms with E-state index in [9.17, 15) is 19.2 Å². The van der Waals surface area contributed by atoms with Gasteiger partial charge >= 0.3 is 24.1 Å². The monoisotopic (exact) mass is 586 g/mol. The largest absolute Gasteiger partial charge is 0.343 e. The van der Waals surface area contributed by atoms with Crippen LogP contribution in [-0.2, 0) is 0 Å². The number of allylic oxidation sites excluding steroid dienone is 2. The second-order valence-electron chi connectivity index (χ2n) is 9.87. The lowest BCUT2D eigenvalue weighted by Crippen LogP contribution is -2.58. The Morgan fingerprint density at radius 1 is 1.00 bits per heavy atom. The van der Waals surface area contributed by atoms with Gasteiger partial charge in [-0.3, -0.25) is 15.1 Å². The van der Waals surface area contributed by atoms with Gasteiger partial charge in [-0.15, -0.1) is 0 Å². The van der Waals surface area contributed by atoms with E-state index in [0.29, 0.717) is 38.4 Å². The second kappa shape index (κ2) is 19.8. The van der Waals surface area contributed by atoms with Crippen molar-refractivity contribution < 1.29 is 19.2 Å². The van der Waals surface area contributed by atoms with Crippen molar-refractivity contribution in [3.63, 3.8) is 0 Å². The van der Waals surface area contributed by atoms with Crippen molar-refractivity contribution in [2.24, 2.45) is 4.99 Å². The zero-order chi connectivity index (χ0) is 30.6. The predicted molar refractivity (Wildman–Crippen MR) is 161 cm³/mol. The van der Waals surface area contributed by atoms with Crippen LogP contribution in [0.3, 0.4) is 0 Å². The van der Waals surface area contributed by atoms with Crippen LogP contribution in [0.4, 0.5) is 19.2 Å². The Morgan fingerprint density at radius 2 is 1.67 bits per heavy atom. The minimum absolute atomic E-state index is 0.215. The third kappa shape index (κ3) is 12.1. The summed E-state index contributed by atoms with van der Waals surface area (Å²) in [4.78, 5) is 61.7. The van der Waals surface area contributed by atoms with Crippen LogP contribution >= 0.6 is 0 Å². The number of nitrogens with zero attached hydrogens (tertiary/aromatic N) is 7. The average molecular weight is 587 g/mol. The van der Waals surface area contributed by atoms with Crippen molar-refractivity contribution in [1.29, 1.82) is 0 Å². The molecular weight excluding hydrogens is 540 g/mol. The van der Waals surface area contributed by atoms with E-state index in [1.54, 1.807) is 31.1 Å². The van der Waals surface area contributed by atoms with Crippen molar-refractivity contribution >= 4 is 30.5 Å². The first-order chi connectivity index (χ1) is 20.4. The second-order valence-corrected chi connectivity index (χ2v) is 9.87. The number of hydrogen-bond acceptors (Lipinski definition) is 7. The van der Waals surface area contributed by atoms with Crippen LogP contribution in [0.2, 0.25) is 0 Å². The fourth-order valence-electron chi connectivity index (χ4n) is 4.12. The van der Waals surface area contributed by atoms with Gasteiger partial charge < -0.3 is 10.6 Å². The van der Waals surface area contributed by atoms with E-state index in [1.165, 1.54) is 28.8 Å². The SMILES string of the molecule is CC=C1NC(=O)N(CCCCCCNC(=O)N(C)/C=N\C=C\CCC)C(=O)N1CCCCCCNC(=O)n1cncn1. The Morgan fingerprint density at radius 3 is 2.31 bits per heavy atom. The molecule has 1 saturated heterocycles. The molecule has 0 saturated carbocycles. The molecule has 232 valence electrons. The third-order valence-corrected chi connectivity index (χ3v) is 6.51. The van der Waals surface area contributed by atoms with Crippen LogP contribution in [0.1, 0.15) is 78.1 Å². The van der Waals surface area contributed by atoms with Gasteiger partial charge in [0.2, 0.25) is 0 Å². The molecule has 2 rings (SSSR count). The molecule has 1 aromatic rings. The summed E-state index contributed by atoms with van der Waals surface area (Å²) in [6, 6.07) is -1.25. The summed E-state index contributed by atoms with van der Waals surface area (Å²) in [5, 5.41) is 12.2. The van der Waals surface area contributed by atoms with Gasteiger partial charge in [0.05, 0.1) is 6.34 Å². The standard InChI is InChI=1S/C28H46N10O4/c1-4-6-11-16-29-22-35(3)25(39)31-17-12-8-10-15-20-37-27(41)34-24(5-2)36(28(37)42)19-14-9-7-13-18-32-26(40)38-23-30-21-33-38/h5,11,16,21-23H,4,6-10,12-15,17-20H2,1-3H3,(H,31,39)(H,32,40)(H,34,41)/b16-11+,24-5?,29-22-. The summed E-state index contributed by atoms with van der Waals surface area (Å²) < 4.78 is 1.14. The number of unbranched alkanes of at least 4 members (excludes halogenated alkanes) is 7. The van der Waals surface area contributed by atoms with E-state index < -0.39 is 6.03 Å². The molecule has 1 aromatic heterocycles. The maximum Gasteiger partial charge on any atom is 0.343 e. The quantitative estimate of drug-likeness (QED) is 0.133. The molecule has 14 heteroatoms. The molecule has 42 heavy (non-hydrogen) atoms. The number of hydrogen-bond donors (Lipinski definition) is 3. The molecule has 1 aliphatic heterocycles. The predicted octanol–water partition coefficient (Wildman–Crippen LogP) is 4.25. The summed E-state index contributed by atoms with van der Waals surface area (Å²) in [5.41, 5.74) is 0. The third-order valence-electron chi connectivity index (χ3n) is 6.51. The Bertz CT molecular complexity index is 1070. The number of urea groups is 3. The molecule has 0 aliphatic carbocycles. The van der Waals surface area contributed by atoms with Crippen LogP contribution in [-0.4, -0.2) is 93.2 Å². The van der Waals surface area contributed by atoms with Crippen molar-refractivity contribution in [1.82, 2.24) is 45.4 Å². The Balaban J connectivity index is 1.61. The normalized spacial score (nSPS) is 14.7. The first kappa shape index (κ1) is 34.0. The van der Waals surface area contributed by atoms with E-state index in [0.717, 1.165) is 62.5 Å². The first-order valence-electron chi connectivity index (χ1n) is 14.8. The first-order valence-corrected chi connectivity index (χ1v) is 14.8. The Kier molecular flexibility index (Phi) is 16.0. The molecule has 0 spiro atoms. The summed E-state index contributed by atoms with van der Waals surface area (Å²) >= 11 is 0. The number of aliphatic imine (C=N–C) groups is 1. The molecule has 1 aliphatic rings. The maximum atomic E-state index is 13.1. The molecule has 0 aromatic carbocycles. The summed E-state index contributed by atoms with van der Waals surface area (Å²) in [5.74, 6) is 0.504. The molecule has 0 radical (unpaired) electrons. The number of carbonyl (C=O) groups excluding carboxylic acids is 4. The lowest BCUT2D eigenvalue weighted by atomic mass is 10.1. The number of carbonyl (C=O) groups is 4. The van der Waals surface area contributed by atoms with E-state index in [1.807, 2.05) is 6.08 Å². The number of amides is 7. The topological polar surface area (TPSA) is 157 Å². The van der Waals surface area contributed by atoms with E-state index in [2.05, 4.69) is 37.9 Å².